The van der Waals surface area contributed by atoms with Gasteiger partial charge in [-0.1, -0.05) is 0 Å². The molecule has 3 nitrogen and oxygen atoms in total. The van der Waals surface area contributed by atoms with E-state index in [1.54, 1.807) is 0 Å². The van der Waals surface area contributed by atoms with E-state index in [4.69, 9.17) is 4.74 Å². The number of hydrogen-bond acceptors (Lipinski definition) is 3. The average molecular weight is 198 g/mol. The molecule has 0 amide bonds. The Morgan fingerprint density at radius 3 is 2.86 bits per heavy atom. The molecule has 14 heavy (non-hydrogen) atoms. The van der Waals surface area contributed by atoms with Gasteiger partial charge in [0.05, 0.1) is 0 Å². The van der Waals surface area contributed by atoms with E-state index >= 15 is 0 Å². The van der Waals surface area contributed by atoms with E-state index < -0.39 is 0 Å². The molecule has 0 spiro atoms. The van der Waals surface area contributed by atoms with E-state index in [1.165, 1.54) is 38.9 Å². The van der Waals surface area contributed by atoms with E-state index in [0.717, 1.165) is 19.3 Å². The van der Waals surface area contributed by atoms with E-state index in [1.807, 2.05) is 0 Å². The summed E-state index contributed by atoms with van der Waals surface area (Å²) in [6.07, 6.45) is 3.75. The first kappa shape index (κ1) is 10.4. The molecule has 1 N–H and O–H groups in total. The van der Waals surface area contributed by atoms with Gasteiger partial charge in [0.1, 0.15) is 0 Å². The molecule has 2 fully saturated rings. The second-order valence-electron chi connectivity index (χ2n) is 4.55. The summed E-state index contributed by atoms with van der Waals surface area (Å²) in [6.45, 7) is 7.87. The molecule has 2 aliphatic heterocycles. The van der Waals surface area contributed by atoms with Crippen molar-refractivity contribution in [2.45, 2.75) is 38.3 Å². The molecule has 3 heteroatoms. The fraction of sp³-hybridized carbons (Fsp3) is 1.00. The van der Waals surface area contributed by atoms with E-state index in [-0.39, 0.29) is 0 Å². The van der Waals surface area contributed by atoms with Crippen LogP contribution in [0.3, 0.4) is 0 Å². The molecule has 1 unspecified atom stereocenters. The van der Waals surface area contributed by atoms with Crippen LogP contribution in [0.25, 0.3) is 0 Å². The van der Waals surface area contributed by atoms with Crippen LogP contribution in [0.15, 0.2) is 0 Å². The molecular weight excluding hydrogens is 176 g/mol. The molecule has 0 radical (unpaired) electrons. The van der Waals surface area contributed by atoms with E-state index in [2.05, 4.69) is 17.1 Å². The fourth-order valence-electron chi connectivity index (χ4n) is 2.52. The van der Waals surface area contributed by atoms with Gasteiger partial charge in [-0.15, -0.1) is 0 Å². The Morgan fingerprint density at radius 2 is 2.07 bits per heavy atom. The summed E-state index contributed by atoms with van der Waals surface area (Å²) in [4.78, 5) is 2.66. The zero-order valence-corrected chi connectivity index (χ0v) is 9.17. The second-order valence-corrected chi connectivity index (χ2v) is 4.55. The molecule has 0 bridgehead atoms. The summed E-state index contributed by atoms with van der Waals surface area (Å²) in [5, 5.41) is 3.54. The highest BCUT2D eigenvalue weighted by atomic mass is 16.5. The Kier molecular flexibility index (Phi) is 3.79. The van der Waals surface area contributed by atoms with Gasteiger partial charge in [-0.25, -0.2) is 0 Å². The van der Waals surface area contributed by atoms with Gasteiger partial charge in [0.2, 0.25) is 0 Å². The van der Waals surface area contributed by atoms with Crippen molar-refractivity contribution < 1.29 is 4.74 Å². The molecular formula is C11H22N2O. The quantitative estimate of drug-likeness (QED) is 0.676. The Balaban J connectivity index is 1.87. The third-order valence-electron chi connectivity index (χ3n) is 3.33. The monoisotopic (exact) mass is 198 g/mol. The van der Waals surface area contributed by atoms with Crippen molar-refractivity contribution in [2.75, 3.05) is 32.8 Å². The van der Waals surface area contributed by atoms with Gasteiger partial charge in [0, 0.05) is 31.8 Å². The van der Waals surface area contributed by atoms with Crippen molar-refractivity contribution >= 4 is 0 Å². The zero-order valence-electron chi connectivity index (χ0n) is 9.17. The lowest BCUT2D eigenvalue weighted by atomic mass is 10.1. The van der Waals surface area contributed by atoms with Crippen molar-refractivity contribution in [3.63, 3.8) is 0 Å². The minimum atomic E-state index is 0.653. The minimum Gasteiger partial charge on any atom is -0.381 e. The molecule has 82 valence electrons. The Morgan fingerprint density at radius 1 is 1.29 bits per heavy atom. The third kappa shape index (κ3) is 2.69. The Bertz CT molecular complexity index is 169. The van der Waals surface area contributed by atoms with E-state index in [9.17, 15) is 0 Å². The van der Waals surface area contributed by atoms with Gasteiger partial charge in [-0.05, 0) is 39.3 Å². The van der Waals surface area contributed by atoms with E-state index in [0.29, 0.717) is 6.04 Å². The molecule has 0 aromatic carbocycles. The summed E-state index contributed by atoms with van der Waals surface area (Å²) >= 11 is 0. The summed E-state index contributed by atoms with van der Waals surface area (Å²) in [6, 6.07) is 1.44. The third-order valence-corrected chi connectivity index (χ3v) is 3.33. The normalized spacial score (nSPS) is 32.8. The second kappa shape index (κ2) is 5.10. The summed E-state index contributed by atoms with van der Waals surface area (Å²) in [5.41, 5.74) is 0. The first-order chi connectivity index (χ1) is 6.86. The number of hydrogen-bond donors (Lipinski definition) is 1. The maximum absolute atomic E-state index is 5.41. The highest BCUT2D eigenvalue weighted by Crippen LogP contribution is 2.16. The van der Waals surface area contributed by atoms with Gasteiger partial charge < -0.3 is 10.1 Å². The molecule has 0 aromatic heterocycles. The van der Waals surface area contributed by atoms with Gasteiger partial charge in [0.25, 0.3) is 0 Å². The van der Waals surface area contributed by atoms with Crippen LogP contribution in [0.4, 0.5) is 0 Å². The lowest BCUT2D eigenvalue weighted by Gasteiger charge is -2.34. The number of rotatable bonds is 1. The average Bonchev–Trinajstić information content (AvgIpc) is 2.44. The highest BCUT2D eigenvalue weighted by Gasteiger charge is 2.23. The molecule has 0 saturated carbocycles. The van der Waals surface area contributed by atoms with Crippen molar-refractivity contribution in [1.82, 2.24) is 10.2 Å². The molecule has 2 aliphatic rings. The maximum Gasteiger partial charge on any atom is 0.0480 e. The number of ether oxygens (including phenoxy) is 1. The first-order valence-electron chi connectivity index (χ1n) is 5.91. The van der Waals surface area contributed by atoms with Gasteiger partial charge in [-0.2, -0.15) is 0 Å². The molecule has 2 heterocycles. The van der Waals surface area contributed by atoms with Crippen LogP contribution >= 0.6 is 0 Å². The Labute approximate surface area is 86.8 Å². The van der Waals surface area contributed by atoms with Gasteiger partial charge in [-0.3, -0.25) is 4.90 Å². The number of nitrogens with zero attached hydrogens (tertiary/aromatic N) is 1. The summed E-state index contributed by atoms with van der Waals surface area (Å²) < 4.78 is 5.41. The predicted molar refractivity (Wildman–Crippen MR) is 57.5 cm³/mol. The number of nitrogens with one attached hydrogen (secondary N) is 1. The van der Waals surface area contributed by atoms with Crippen molar-refractivity contribution in [3.05, 3.63) is 0 Å². The van der Waals surface area contributed by atoms with Crippen LogP contribution in [0.1, 0.15) is 26.2 Å². The smallest absolute Gasteiger partial charge is 0.0480 e. The SMILES string of the molecule is CC1CN(C2CCOCC2)CCCN1. The summed E-state index contributed by atoms with van der Waals surface area (Å²) in [5.74, 6) is 0. The maximum atomic E-state index is 5.41. The van der Waals surface area contributed by atoms with Crippen molar-refractivity contribution in [3.8, 4) is 0 Å². The summed E-state index contributed by atoms with van der Waals surface area (Å²) in [7, 11) is 0. The molecule has 2 saturated heterocycles. The standard InChI is InChI=1S/C11H22N2O/c1-10-9-13(6-2-5-12-10)11-3-7-14-8-4-11/h10-12H,2-9H2,1H3. The molecule has 1 atom stereocenters. The lowest BCUT2D eigenvalue weighted by Crippen LogP contribution is -2.43. The van der Waals surface area contributed by atoms with Crippen LogP contribution in [-0.2, 0) is 4.74 Å². The lowest BCUT2D eigenvalue weighted by molar-refractivity contribution is 0.0340. The molecule has 2 rings (SSSR count). The topological polar surface area (TPSA) is 24.5 Å². The van der Waals surface area contributed by atoms with Crippen molar-refractivity contribution in [1.29, 1.82) is 0 Å². The van der Waals surface area contributed by atoms with Crippen molar-refractivity contribution in [2.24, 2.45) is 0 Å². The van der Waals surface area contributed by atoms with Crippen LogP contribution in [0.2, 0.25) is 0 Å². The van der Waals surface area contributed by atoms with Crippen LogP contribution < -0.4 is 5.32 Å². The van der Waals surface area contributed by atoms with Crippen LogP contribution in [0.5, 0.6) is 0 Å². The van der Waals surface area contributed by atoms with Gasteiger partial charge in [0.15, 0.2) is 0 Å². The molecule has 0 aromatic rings. The zero-order chi connectivity index (χ0) is 9.80. The first-order valence-corrected chi connectivity index (χ1v) is 5.91. The Hall–Kier alpha value is -0.120. The van der Waals surface area contributed by atoms with Crippen LogP contribution in [-0.4, -0.2) is 49.8 Å². The van der Waals surface area contributed by atoms with Crippen LogP contribution in [0, 0.1) is 0 Å². The minimum absolute atomic E-state index is 0.653. The highest BCUT2D eigenvalue weighted by molar-refractivity contribution is 4.80. The fourth-order valence-corrected chi connectivity index (χ4v) is 2.52. The van der Waals surface area contributed by atoms with Gasteiger partial charge >= 0.3 is 0 Å². The molecule has 0 aliphatic carbocycles. The largest absolute Gasteiger partial charge is 0.381 e. The predicted octanol–water partition coefficient (Wildman–Crippen LogP) is 0.849.